The van der Waals surface area contributed by atoms with E-state index < -0.39 is 0 Å². The lowest BCUT2D eigenvalue weighted by molar-refractivity contribution is 0.315. The zero-order valence-corrected chi connectivity index (χ0v) is 14.4. The first kappa shape index (κ1) is 16.2. The second kappa shape index (κ2) is 6.32. The Labute approximate surface area is 129 Å². The summed E-state index contributed by atoms with van der Waals surface area (Å²) in [6.45, 7) is 11.8. The van der Waals surface area contributed by atoms with Crippen LogP contribution in [0.15, 0.2) is 12.1 Å². The van der Waals surface area contributed by atoms with Crippen LogP contribution in [0.1, 0.15) is 38.4 Å². The van der Waals surface area contributed by atoms with Crippen LogP contribution in [0, 0.1) is 6.92 Å². The molecule has 1 aliphatic heterocycles. The van der Waals surface area contributed by atoms with E-state index in [0.717, 1.165) is 31.1 Å². The van der Waals surface area contributed by atoms with Gasteiger partial charge in [-0.2, -0.15) is 0 Å². The summed E-state index contributed by atoms with van der Waals surface area (Å²) in [7, 11) is 4.32. The number of anilines is 1. The molecule has 0 aliphatic carbocycles. The molecule has 4 heteroatoms. The number of hydrogen-bond donors (Lipinski definition) is 1. The van der Waals surface area contributed by atoms with Crippen LogP contribution in [0.5, 0.6) is 0 Å². The molecule has 1 fully saturated rings. The van der Waals surface area contributed by atoms with E-state index in [4.69, 9.17) is 4.98 Å². The first-order valence-corrected chi connectivity index (χ1v) is 7.89. The number of aryl methyl sites for hydroxylation is 1. The molecular formula is C17H30N4. The summed E-state index contributed by atoms with van der Waals surface area (Å²) < 4.78 is 0. The maximum absolute atomic E-state index is 4.82. The monoisotopic (exact) mass is 290 g/mol. The van der Waals surface area contributed by atoms with E-state index >= 15 is 0 Å². The zero-order valence-electron chi connectivity index (χ0n) is 14.4. The van der Waals surface area contributed by atoms with Gasteiger partial charge in [-0.1, -0.05) is 6.07 Å². The number of aromatic nitrogens is 1. The van der Waals surface area contributed by atoms with Gasteiger partial charge in [0.15, 0.2) is 0 Å². The molecule has 1 atom stereocenters. The Morgan fingerprint density at radius 2 is 2.05 bits per heavy atom. The lowest BCUT2D eigenvalue weighted by Gasteiger charge is -2.23. The van der Waals surface area contributed by atoms with Crippen LogP contribution in [0.25, 0.3) is 0 Å². The first-order valence-electron chi connectivity index (χ1n) is 7.89. The third-order valence-electron chi connectivity index (χ3n) is 4.21. The predicted molar refractivity (Wildman–Crippen MR) is 89.9 cm³/mol. The van der Waals surface area contributed by atoms with Crippen LogP contribution in [0.2, 0.25) is 0 Å². The number of likely N-dealkylation sites (N-methyl/N-ethyl adjacent to an activating group) is 1. The average Bonchev–Trinajstić information content (AvgIpc) is 2.85. The summed E-state index contributed by atoms with van der Waals surface area (Å²) in [5.74, 6) is 1.12. The third kappa shape index (κ3) is 4.42. The van der Waals surface area contributed by atoms with E-state index in [1.165, 1.54) is 12.0 Å². The number of rotatable bonds is 4. The molecule has 2 rings (SSSR count). The van der Waals surface area contributed by atoms with Crippen molar-refractivity contribution in [3.05, 3.63) is 23.4 Å². The minimum atomic E-state index is 0.138. The summed E-state index contributed by atoms with van der Waals surface area (Å²) in [6.07, 6.45) is 1.22. The largest absolute Gasteiger partial charge is 0.355 e. The van der Waals surface area contributed by atoms with Gasteiger partial charge in [-0.25, -0.2) is 4.98 Å². The SMILES string of the molecule is Cc1nc(N2CCC(N(C)C)C2)ccc1CNC(C)(C)C. The Bertz CT molecular complexity index is 476. The van der Waals surface area contributed by atoms with Gasteiger partial charge in [0.2, 0.25) is 0 Å². The molecule has 0 radical (unpaired) electrons. The third-order valence-corrected chi connectivity index (χ3v) is 4.21. The molecule has 0 spiro atoms. The molecule has 0 aromatic carbocycles. The van der Waals surface area contributed by atoms with Crippen LogP contribution in [-0.4, -0.2) is 48.6 Å². The van der Waals surface area contributed by atoms with Gasteiger partial charge >= 0.3 is 0 Å². The summed E-state index contributed by atoms with van der Waals surface area (Å²) in [5.41, 5.74) is 2.56. The van der Waals surface area contributed by atoms with Crippen LogP contribution >= 0.6 is 0 Å². The molecule has 1 unspecified atom stereocenters. The Morgan fingerprint density at radius 1 is 1.33 bits per heavy atom. The highest BCUT2D eigenvalue weighted by molar-refractivity contribution is 5.43. The highest BCUT2D eigenvalue weighted by atomic mass is 15.3. The molecular weight excluding hydrogens is 260 g/mol. The predicted octanol–water partition coefficient (Wildman–Crippen LogP) is 2.42. The second-order valence-corrected chi connectivity index (χ2v) is 7.37. The summed E-state index contributed by atoms with van der Waals surface area (Å²) in [5, 5.41) is 3.53. The van der Waals surface area contributed by atoms with Crippen molar-refractivity contribution < 1.29 is 0 Å². The van der Waals surface area contributed by atoms with Gasteiger partial charge in [-0.3, -0.25) is 0 Å². The van der Waals surface area contributed by atoms with E-state index in [1.54, 1.807) is 0 Å². The molecule has 1 aliphatic rings. The quantitative estimate of drug-likeness (QED) is 0.923. The molecule has 21 heavy (non-hydrogen) atoms. The normalized spacial score (nSPS) is 19.6. The van der Waals surface area contributed by atoms with Crippen LogP contribution in [0.3, 0.4) is 0 Å². The molecule has 0 bridgehead atoms. The van der Waals surface area contributed by atoms with Crippen molar-refractivity contribution in [3.63, 3.8) is 0 Å². The van der Waals surface area contributed by atoms with Crippen molar-refractivity contribution in [2.75, 3.05) is 32.1 Å². The highest BCUT2D eigenvalue weighted by Crippen LogP contribution is 2.22. The number of pyridine rings is 1. The Kier molecular flexibility index (Phi) is 4.89. The van der Waals surface area contributed by atoms with Gasteiger partial charge in [0, 0.05) is 36.9 Å². The van der Waals surface area contributed by atoms with Gasteiger partial charge in [0.25, 0.3) is 0 Å². The molecule has 2 heterocycles. The minimum absolute atomic E-state index is 0.138. The van der Waals surface area contributed by atoms with Gasteiger partial charge in [-0.15, -0.1) is 0 Å². The number of nitrogens with one attached hydrogen (secondary N) is 1. The van der Waals surface area contributed by atoms with Crippen molar-refractivity contribution in [1.82, 2.24) is 15.2 Å². The molecule has 1 aromatic heterocycles. The maximum atomic E-state index is 4.82. The molecule has 1 N–H and O–H groups in total. The van der Waals surface area contributed by atoms with E-state index in [2.05, 4.69) is 69.0 Å². The Balaban J connectivity index is 2.02. The van der Waals surface area contributed by atoms with E-state index in [-0.39, 0.29) is 5.54 Å². The van der Waals surface area contributed by atoms with Gasteiger partial charge in [-0.05, 0) is 59.8 Å². The van der Waals surface area contributed by atoms with E-state index in [9.17, 15) is 0 Å². The van der Waals surface area contributed by atoms with Gasteiger partial charge in [0.1, 0.15) is 5.82 Å². The average molecular weight is 290 g/mol. The van der Waals surface area contributed by atoms with Gasteiger partial charge < -0.3 is 15.1 Å². The van der Waals surface area contributed by atoms with Crippen molar-refractivity contribution in [3.8, 4) is 0 Å². The van der Waals surface area contributed by atoms with Crippen molar-refractivity contribution >= 4 is 5.82 Å². The fourth-order valence-corrected chi connectivity index (χ4v) is 2.67. The molecule has 1 aromatic rings. The summed E-state index contributed by atoms with van der Waals surface area (Å²) in [6, 6.07) is 5.04. The lowest BCUT2D eigenvalue weighted by atomic mass is 10.1. The molecule has 1 saturated heterocycles. The molecule has 118 valence electrons. The fourth-order valence-electron chi connectivity index (χ4n) is 2.67. The zero-order chi connectivity index (χ0) is 15.6. The Morgan fingerprint density at radius 3 is 2.57 bits per heavy atom. The summed E-state index contributed by atoms with van der Waals surface area (Å²) in [4.78, 5) is 9.53. The molecule has 4 nitrogen and oxygen atoms in total. The second-order valence-electron chi connectivity index (χ2n) is 7.37. The first-order chi connectivity index (χ1) is 9.76. The fraction of sp³-hybridized carbons (Fsp3) is 0.706. The minimum Gasteiger partial charge on any atom is -0.355 e. The van der Waals surface area contributed by atoms with Crippen LogP contribution < -0.4 is 10.2 Å². The van der Waals surface area contributed by atoms with Crippen molar-refractivity contribution in [1.29, 1.82) is 0 Å². The van der Waals surface area contributed by atoms with E-state index in [0.29, 0.717) is 6.04 Å². The summed E-state index contributed by atoms with van der Waals surface area (Å²) >= 11 is 0. The maximum Gasteiger partial charge on any atom is 0.128 e. The smallest absolute Gasteiger partial charge is 0.128 e. The van der Waals surface area contributed by atoms with Crippen LogP contribution in [0.4, 0.5) is 5.82 Å². The number of hydrogen-bond acceptors (Lipinski definition) is 4. The van der Waals surface area contributed by atoms with E-state index in [1.807, 2.05) is 0 Å². The lowest BCUT2D eigenvalue weighted by Crippen LogP contribution is -2.35. The van der Waals surface area contributed by atoms with Gasteiger partial charge in [0.05, 0.1) is 0 Å². The van der Waals surface area contributed by atoms with Crippen molar-refractivity contribution in [2.24, 2.45) is 0 Å². The number of nitrogens with zero attached hydrogens (tertiary/aromatic N) is 3. The molecule has 0 saturated carbocycles. The van der Waals surface area contributed by atoms with Crippen LogP contribution in [-0.2, 0) is 6.54 Å². The topological polar surface area (TPSA) is 31.4 Å². The molecule has 0 amide bonds. The van der Waals surface area contributed by atoms with Crippen molar-refractivity contribution in [2.45, 2.75) is 52.2 Å². The highest BCUT2D eigenvalue weighted by Gasteiger charge is 2.25. The standard InChI is InChI=1S/C17H30N4/c1-13-14(11-18-17(2,3)4)7-8-16(19-13)21-10-9-15(12-21)20(5)6/h7-8,15,18H,9-12H2,1-6H3. The Hall–Kier alpha value is -1.13.